The van der Waals surface area contributed by atoms with Gasteiger partial charge in [0.15, 0.2) is 0 Å². The van der Waals surface area contributed by atoms with Crippen molar-refractivity contribution in [3.8, 4) is 5.75 Å². The Morgan fingerprint density at radius 1 is 1.17 bits per heavy atom. The lowest BCUT2D eigenvalue weighted by molar-refractivity contribution is 0.419. The molecule has 3 aromatic rings. The first-order chi connectivity index (χ1) is 11.5. The molecule has 126 valence electrons. The first kappa shape index (κ1) is 16.5. The minimum atomic E-state index is -3.66. The highest BCUT2D eigenvalue weighted by Gasteiger charge is 2.21. The van der Waals surface area contributed by atoms with Gasteiger partial charge in [-0.1, -0.05) is 24.3 Å². The average Bonchev–Trinajstić information content (AvgIpc) is 3.05. The Labute approximate surface area is 141 Å². The Bertz CT molecular complexity index is 937. The summed E-state index contributed by atoms with van der Waals surface area (Å²) in [4.78, 5) is 0.242. The van der Waals surface area contributed by atoms with Crippen molar-refractivity contribution in [3.05, 3.63) is 54.9 Å². The molecule has 0 fully saturated rings. The number of methoxy groups -OCH3 is 1. The molecule has 0 spiro atoms. The number of aromatic nitrogens is 2. The van der Waals surface area contributed by atoms with Gasteiger partial charge < -0.3 is 4.74 Å². The first-order valence-electron chi connectivity index (χ1n) is 7.57. The van der Waals surface area contributed by atoms with Crippen molar-refractivity contribution in [2.45, 2.75) is 24.4 Å². The summed E-state index contributed by atoms with van der Waals surface area (Å²) in [6.45, 7) is 2.27. The van der Waals surface area contributed by atoms with Crippen LogP contribution in [0.2, 0.25) is 0 Å². The summed E-state index contributed by atoms with van der Waals surface area (Å²) < 4.78 is 35.3. The van der Waals surface area contributed by atoms with Gasteiger partial charge in [-0.05, 0) is 25.1 Å². The van der Waals surface area contributed by atoms with Crippen LogP contribution in [0, 0.1) is 0 Å². The van der Waals surface area contributed by atoms with Gasteiger partial charge in [0, 0.05) is 29.2 Å². The molecule has 1 atom stereocenters. The van der Waals surface area contributed by atoms with Crippen molar-refractivity contribution in [3.63, 3.8) is 0 Å². The predicted molar refractivity (Wildman–Crippen MR) is 92.5 cm³/mol. The quantitative estimate of drug-likeness (QED) is 0.745. The number of benzene rings is 2. The average molecular weight is 345 g/mol. The van der Waals surface area contributed by atoms with Crippen LogP contribution in [-0.2, 0) is 16.6 Å². The van der Waals surface area contributed by atoms with Gasteiger partial charge in [-0.25, -0.2) is 13.1 Å². The summed E-state index contributed by atoms with van der Waals surface area (Å²) in [6.07, 6.45) is 3.46. The highest BCUT2D eigenvalue weighted by atomic mass is 32.2. The molecule has 3 rings (SSSR count). The maximum atomic E-state index is 12.8. The van der Waals surface area contributed by atoms with Crippen LogP contribution in [0.1, 0.15) is 6.92 Å². The van der Waals surface area contributed by atoms with Crippen LogP contribution in [-0.4, -0.2) is 31.3 Å². The van der Waals surface area contributed by atoms with Crippen LogP contribution < -0.4 is 9.46 Å². The van der Waals surface area contributed by atoms with E-state index in [-0.39, 0.29) is 10.9 Å². The number of ether oxygens (including phenoxy) is 1. The summed E-state index contributed by atoms with van der Waals surface area (Å²) in [5, 5.41) is 5.50. The monoisotopic (exact) mass is 345 g/mol. The molecule has 0 aliphatic rings. The number of fused-ring (bicyclic) bond motifs is 1. The fraction of sp³-hybridized carbons (Fsp3) is 0.235. The van der Waals surface area contributed by atoms with Crippen molar-refractivity contribution < 1.29 is 13.2 Å². The van der Waals surface area contributed by atoms with Gasteiger partial charge in [-0.2, -0.15) is 5.10 Å². The number of hydrogen-bond acceptors (Lipinski definition) is 4. The molecular weight excluding hydrogens is 326 g/mol. The lowest BCUT2D eigenvalue weighted by Crippen LogP contribution is -2.35. The minimum absolute atomic E-state index is 0.242. The molecule has 7 heteroatoms. The van der Waals surface area contributed by atoms with Crippen LogP contribution in [0.4, 0.5) is 0 Å². The van der Waals surface area contributed by atoms with E-state index in [1.54, 1.807) is 48.5 Å². The summed E-state index contributed by atoms with van der Waals surface area (Å²) in [7, 11) is -2.09. The fourth-order valence-electron chi connectivity index (χ4n) is 2.71. The fourth-order valence-corrected chi connectivity index (χ4v) is 4.16. The van der Waals surface area contributed by atoms with Crippen LogP contribution in [0.15, 0.2) is 59.8 Å². The zero-order chi connectivity index (χ0) is 17.2. The third kappa shape index (κ3) is 3.27. The number of nitrogens with zero attached hydrogens (tertiary/aromatic N) is 2. The van der Waals surface area contributed by atoms with Gasteiger partial charge in [-0.15, -0.1) is 0 Å². The molecule has 0 unspecified atom stereocenters. The Morgan fingerprint density at radius 2 is 1.92 bits per heavy atom. The van der Waals surface area contributed by atoms with Crippen molar-refractivity contribution in [2.24, 2.45) is 0 Å². The molecule has 1 N–H and O–H groups in total. The summed E-state index contributed by atoms with van der Waals surface area (Å²) >= 11 is 0. The van der Waals surface area contributed by atoms with Gasteiger partial charge in [0.1, 0.15) is 5.75 Å². The molecule has 24 heavy (non-hydrogen) atoms. The van der Waals surface area contributed by atoms with Gasteiger partial charge in [0.2, 0.25) is 10.0 Å². The Balaban J connectivity index is 1.94. The Hall–Kier alpha value is -2.38. The van der Waals surface area contributed by atoms with Crippen molar-refractivity contribution >= 4 is 20.8 Å². The van der Waals surface area contributed by atoms with Crippen LogP contribution in [0.5, 0.6) is 5.75 Å². The molecule has 0 saturated carbocycles. The summed E-state index contributed by atoms with van der Waals surface area (Å²) in [6, 6.07) is 12.1. The van der Waals surface area contributed by atoms with Gasteiger partial charge >= 0.3 is 0 Å². The second kappa shape index (κ2) is 6.62. The van der Waals surface area contributed by atoms with Gasteiger partial charge in [-0.3, -0.25) is 4.68 Å². The van der Waals surface area contributed by atoms with E-state index in [0.717, 1.165) is 5.39 Å². The predicted octanol–water partition coefficient (Wildman–Crippen LogP) is 2.41. The summed E-state index contributed by atoms with van der Waals surface area (Å²) in [5.74, 6) is 0.647. The van der Waals surface area contributed by atoms with Crippen LogP contribution in [0.25, 0.3) is 10.8 Å². The molecule has 2 aromatic carbocycles. The number of sulfonamides is 1. The highest BCUT2D eigenvalue weighted by molar-refractivity contribution is 7.89. The maximum absolute atomic E-state index is 12.8. The van der Waals surface area contributed by atoms with Gasteiger partial charge in [0.25, 0.3) is 0 Å². The lowest BCUT2D eigenvalue weighted by Gasteiger charge is -2.16. The topological polar surface area (TPSA) is 73.2 Å². The van der Waals surface area contributed by atoms with E-state index in [0.29, 0.717) is 17.7 Å². The normalized spacial score (nSPS) is 13.1. The molecule has 1 heterocycles. The largest absolute Gasteiger partial charge is 0.496 e. The third-order valence-corrected chi connectivity index (χ3v) is 5.38. The van der Waals surface area contributed by atoms with Crippen molar-refractivity contribution in [1.29, 1.82) is 0 Å². The Morgan fingerprint density at radius 3 is 2.58 bits per heavy atom. The lowest BCUT2D eigenvalue weighted by atomic mass is 10.1. The smallest absolute Gasteiger partial charge is 0.241 e. The molecular formula is C17H19N3O3S. The molecule has 0 radical (unpaired) electrons. The van der Waals surface area contributed by atoms with E-state index in [2.05, 4.69) is 9.82 Å². The van der Waals surface area contributed by atoms with E-state index in [9.17, 15) is 8.42 Å². The van der Waals surface area contributed by atoms with E-state index in [1.807, 2.05) is 25.1 Å². The molecule has 0 aliphatic heterocycles. The van der Waals surface area contributed by atoms with Crippen molar-refractivity contribution in [2.75, 3.05) is 7.11 Å². The van der Waals surface area contributed by atoms with Gasteiger partial charge in [0.05, 0.1) is 18.6 Å². The van der Waals surface area contributed by atoms with Crippen molar-refractivity contribution in [1.82, 2.24) is 14.5 Å². The third-order valence-electron chi connectivity index (χ3n) is 3.73. The molecule has 6 nitrogen and oxygen atoms in total. The summed E-state index contributed by atoms with van der Waals surface area (Å²) in [5.41, 5.74) is 0. The highest BCUT2D eigenvalue weighted by Crippen LogP contribution is 2.30. The Kier molecular flexibility index (Phi) is 4.55. The zero-order valence-corrected chi connectivity index (χ0v) is 14.3. The zero-order valence-electron chi connectivity index (χ0n) is 13.5. The second-order valence-electron chi connectivity index (χ2n) is 5.56. The number of hydrogen-bond donors (Lipinski definition) is 1. The van der Waals surface area contributed by atoms with Crippen LogP contribution in [0.3, 0.4) is 0 Å². The number of nitrogens with one attached hydrogen (secondary N) is 1. The van der Waals surface area contributed by atoms with Crippen LogP contribution >= 0.6 is 0 Å². The number of rotatable bonds is 6. The van der Waals surface area contributed by atoms with E-state index in [4.69, 9.17) is 4.74 Å². The standard InChI is InChI=1S/C17H19N3O3S/c1-13(12-20-11-5-10-18-20)19-24(21,22)17-9-8-16(23-2)14-6-3-4-7-15(14)17/h3-11,13,19H,12H2,1-2H3/t13-/m1/s1. The molecule has 0 aliphatic carbocycles. The second-order valence-corrected chi connectivity index (χ2v) is 7.24. The maximum Gasteiger partial charge on any atom is 0.241 e. The molecule has 0 bridgehead atoms. The minimum Gasteiger partial charge on any atom is -0.496 e. The first-order valence-corrected chi connectivity index (χ1v) is 9.05. The SMILES string of the molecule is COc1ccc(S(=O)(=O)N[C@H](C)Cn2cccn2)c2ccccc12. The molecule has 0 saturated heterocycles. The van der Waals surface area contributed by atoms with E-state index < -0.39 is 10.0 Å². The van der Waals surface area contributed by atoms with E-state index in [1.165, 1.54) is 0 Å². The molecule has 1 aromatic heterocycles. The molecule has 0 amide bonds. The van der Waals surface area contributed by atoms with E-state index >= 15 is 0 Å².